The van der Waals surface area contributed by atoms with Gasteiger partial charge in [0.1, 0.15) is 11.4 Å². The van der Waals surface area contributed by atoms with Gasteiger partial charge in [-0.3, -0.25) is 23.6 Å². The van der Waals surface area contributed by atoms with Crippen LogP contribution in [0.15, 0.2) is 21.0 Å². The van der Waals surface area contributed by atoms with Gasteiger partial charge in [0.2, 0.25) is 0 Å². The van der Waals surface area contributed by atoms with Gasteiger partial charge >= 0.3 is 5.69 Å². The highest BCUT2D eigenvalue weighted by molar-refractivity contribution is 7.10. The van der Waals surface area contributed by atoms with Gasteiger partial charge in [0.15, 0.2) is 5.78 Å². The summed E-state index contributed by atoms with van der Waals surface area (Å²) in [5.41, 5.74) is 5.90. The number of nitrogens with two attached hydrogens (primary N) is 1. The molecular formula is C17H22N4O3S. The summed E-state index contributed by atoms with van der Waals surface area (Å²) in [5.74, 6) is -0.412. The zero-order chi connectivity index (χ0) is 18.3. The third-order valence-corrected chi connectivity index (χ3v) is 5.92. The fourth-order valence-electron chi connectivity index (χ4n) is 3.50. The Morgan fingerprint density at radius 2 is 2.04 bits per heavy atom. The molecule has 0 bridgehead atoms. The van der Waals surface area contributed by atoms with E-state index in [1.807, 2.05) is 0 Å². The molecule has 1 aliphatic heterocycles. The van der Waals surface area contributed by atoms with Crippen molar-refractivity contribution in [2.75, 3.05) is 18.8 Å². The van der Waals surface area contributed by atoms with Gasteiger partial charge in [0.25, 0.3) is 5.56 Å². The van der Waals surface area contributed by atoms with Crippen LogP contribution in [0, 0.1) is 0 Å². The molecule has 1 unspecified atom stereocenters. The van der Waals surface area contributed by atoms with E-state index in [1.165, 1.54) is 24.5 Å². The van der Waals surface area contributed by atoms with E-state index >= 15 is 0 Å². The standard InChI is InChI=1S/C17H22N4O3S/c1-4-11-10-6-8-25-13(10)5-7-21(11)9-12(22)14-15(18)19(2)17(24)20(3)16(14)23/h6,8,11H,4-5,7,9,18H2,1-3H3. The lowest BCUT2D eigenvalue weighted by atomic mass is 9.97. The topological polar surface area (TPSA) is 90.3 Å². The van der Waals surface area contributed by atoms with Gasteiger partial charge in [0, 0.05) is 31.6 Å². The van der Waals surface area contributed by atoms with Crippen LogP contribution >= 0.6 is 11.3 Å². The molecule has 7 nitrogen and oxygen atoms in total. The lowest BCUT2D eigenvalue weighted by Gasteiger charge is -2.34. The van der Waals surface area contributed by atoms with Crippen molar-refractivity contribution in [2.24, 2.45) is 14.1 Å². The van der Waals surface area contributed by atoms with Crippen molar-refractivity contribution < 1.29 is 4.79 Å². The molecule has 0 saturated carbocycles. The number of thiophene rings is 1. The lowest BCUT2D eigenvalue weighted by Crippen LogP contribution is -2.44. The number of carbonyl (C=O) groups is 1. The molecule has 0 saturated heterocycles. The second kappa shape index (κ2) is 6.61. The van der Waals surface area contributed by atoms with E-state index in [9.17, 15) is 14.4 Å². The molecule has 0 aliphatic carbocycles. The van der Waals surface area contributed by atoms with Crippen LogP contribution in [0.3, 0.4) is 0 Å². The molecule has 2 aromatic rings. The average molecular weight is 362 g/mol. The van der Waals surface area contributed by atoms with Crippen LogP contribution in [-0.4, -0.2) is 32.9 Å². The number of rotatable bonds is 4. The Kier molecular flexibility index (Phi) is 4.66. The Morgan fingerprint density at radius 3 is 2.72 bits per heavy atom. The van der Waals surface area contributed by atoms with Crippen molar-refractivity contribution in [3.05, 3.63) is 48.3 Å². The summed E-state index contributed by atoms with van der Waals surface area (Å²) in [6, 6.07) is 2.28. The summed E-state index contributed by atoms with van der Waals surface area (Å²) in [5, 5.41) is 2.08. The molecule has 1 atom stereocenters. The van der Waals surface area contributed by atoms with E-state index < -0.39 is 11.2 Å². The smallest absolute Gasteiger partial charge is 0.332 e. The van der Waals surface area contributed by atoms with Gasteiger partial charge in [-0.1, -0.05) is 6.92 Å². The predicted molar refractivity (Wildman–Crippen MR) is 98.3 cm³/mol. The molecule has 8 heteroatoms. The SMILES string of the molecule is CCC1c2ccsc2CCN1CC(=O)c1c(N)n(C)c(=O)n(C)c1=O. The number of ketones is 1. The van der Waals surface area contributed by atoms with E-state index in [1.54, 1.807) is 11.3 Å². The van der Waals surface area contributed by atoms with Crippen molar-refractivity contribution in [1.29, 1.82) is 0 Å². The van der Waals surface area contributed by atoms with Crippen molar-refractivity contribution in [3.8, 4) is 0 Å². The van der Waals surface area contributed by atoms with E-state index in [0.29, 0.717) is 0 Å². The molecule has 2 aromatic heterocycles. The fraction of sp³-hybridized carbons (Fsp3) is 0.471. The van der Waals surface area contributed by atoms with Gasteiger partial charge in [-0.25, -0.2) is 4.79 Å². The van der Waals surface area contributed by atoms with Crippen LogP contribution in [0.4, 0.5) is 5.82 Å². The number of nitrogens with zero attached hydrogens (tertiary/aromatic N) is 3. The molecule has 2 N–H and O–H groups in total. The van der Waals surface area contributed by atoms with E-state index in [0.717, 1.165) is 28.5 Å². The molecule has 1 aliphatic rings. The molecule has 0 aromatic carbocycles. The second-order valence-corrected chi connectivity index (χ2v) is 7.33. The number of fused-ring (bicyclic) bond motifs is 1. The molecule has 0 radical (unpaired) electrons. The summed E-state index contributed by atoms with van der Waals surface area (Å²) >= 11 is 1.75. The molecule has 0 fully saturated rings. The van der Waals surface area contributed by atoms with Crippen LogP contribution in [0.1, 0.15) is 40.2 Å². The van der Waals surface area contributed by atoms with Crippen molar-refractivity contribution in [3.63, 3.8) is 0 Å². The summed E-state index contributed by atoms with van der Waals surface area (Å²) in [7, 11) is 2.82. The number of hydrogen-bond donors (Lipinski definition) is 1. The fourth-order valence-corrected chi connectivity index (χ4v) is 4.43. The first kappa shape index (κ1) is 17.6. The third-order valence-electron chi connectivity index (χ3n) is 4.93. The van der Waals surface area contributed by atoms with Crippen molar-refractivity contribution in [1.82, 2.24) is 14.0 Å². The van der Waals surface area contributed by atoms with Crippen molar-refractivity contribution >= 4 is 22.9 Å². The Labute approximate surface area is 149 Å². The van der Waals surface area contributed by atoms with Crippen LogP contribution in [0.25, 0.3) is 0 Å². The van der Waals surface area contributed by atoms with Gasteiger partial charge < -0.3 is 5.73 Å². The Bertz CT molecular complexity index is 940. The highest BCUT2D eigenvalue weighted by atomic mass is 32.1. The molecule has 0 amide bonds. The largest absolute Gasteiger partial charge is 0.384 e. The Morgan fingerprint density at radius 1 is 1.32 bits per heavy atom. The minimum absolute atomic E-state index is 0.0700. The molecule has 0 spiro atoms. The predicted octanol–water partition coefficient (Wildman–Crippen LogP) is 0.920. The van der Waals surface area contributed by atoms with Crippen LogP contribution in [-0.2, 0) is 20.5 Å². The van der Waals surface area contributed by atoms with Crippen molar-refractivity contribution in [2.45, 2.75) is 25.8 Å². The maximum Gasteiger partial charge on any atom is 0.332 e. The number of hydrogen-bond acceptors (Lipinski definition) is 6. The average Bonchev–Trinajstić information content (AvgIpc) is 3.07. The van der Waals surface area contributed by atoms with Crippen LogP contribution < -0.4 is 17.0 Å². The molecule has 3 heterocycles. The van der Waals surface area contributed by atoms with Crippen LogP contribution in [0.5, 0.6) is 0 Å². The first-order chi connectivity index (χ1) is 11.9. The summed E-state index contributed by atoms with van der Waals surface area (Å²) in [4.78, 5) is 40.6. The Balaban J connectivity index is 1.94. The van der Waals surface area contributed by atoms with E-state index in [4.69, 9.17) is 5.73 Å². The normalized spacial score (nSPS) is 17.5. The highest BCUT2D eigenvalue weighted by Crippen LogP contribution is 2.35. The van der Waals surface area contributed by atoms with E-state index in [2.05, 4.69) is 23.3 Å². The van der Waals surface area contributed by atoms with Gasteiger partial charge in [0.05, 0.1) is 6.54 Å². The molecular weight excluding hydrogens is 340 g/mol. The zero-order valence-electron chi connectivity index (χ0n) is 14.6. The summed E-state index contributed by atoms with van der Waals surface area (Å²) in [6.07, 6.45) is 1.79. The number of aromatic nitrogens is 2. The monoisotopic (exact) mass is 362 g/mol. The van der Waals surface area contributed by atoms with Crippen LogP contribution in [0.2, 0.25) is 0 Å². The number of nitrogen functional groups attached to an aromatic ring is 1. The highest BCUT2D eigenvalue weighted by Gasteiger charge is 2.30. The minimum Gasteiger partial charge on any atom is -0.384 e. The number of anilines is 1. The number of carbonyl (C=O) groups excluding carboxylic acids is 1. The molecule has 3 rings (SSSR count). The van der Waals surface area contributed by atoms with E-state index in [-0.39, 0.29) is 29.8 Å². The van der Waals surface area contributed by atoms with Gasteiger partial charge in [-0.2, -0.15) is 0 Å². The Hall–Kier alpha value is -2.19. The summed E-state index contributed by atoms with van der Waals surface area (Å²) in [6.45, 7) is 2.98. The lowest BCUT2D eigenvalue weighted by molar-refractivity contribution is 0.0876. The number of Topliss-reactive ketones (excluding diaryl/α,β-unsaturated/α-hetero) is 1. The summed E-state index contributed by atoms with van der Waals surface area (Å²) < 4.78 is 2.06. The second-order valence-electron chi connectivity index (χ2n) is 6.33. The molecule has 134 valence electrons. The first-order valence-corrected chi connectivity index (χ1v) is 9.13. The first-order valence-electron chi connectivity index (χ1n) is 8.25. The maximum absolute atomic E-state index is 12.8. The maximum atomic E-state index is 12.8. The minimum atomic E-state index is -0.633. The molecule has 25 heavy (non-hydrogen) atoms. The van der Waals surface area contributed by atoms with Gasteiger partial charge in [-0.15, -0.1) is 11.3 Å². The van der Waals surface area contributed by atoms with Gasteiger partial charge in [-0.05, 0) is 29.9 Å². The quantitative estimate of drug-likeness (QED) is 0.817. The zero-order valence-corrected chi connectivity index (χ0v) is 15.4. The third kappa shape index (κ3) is 2.85.